The van der Waals surface area contributed by atoms with Gasteiger partial charge in [0.15, 0.2) is 0 Å². The molecule has 0 aliphatic carbocycles. The minimum atomic E-state index is -0.147. The van der Waals surface area contributed by atoms with E-state index < -0.39 is 0 Å². The fourth-order valence-electron chi connectivity index (χ4n) is 3.57. The molecule has 0 radical (unpaired) electrons. The van der Waals surface area contributed by atoms with Crippen molar-refractivity contribution in [3.63, 3.8) is 0 Å². The lowest BCUT2D eigenvalue weighted by molar-refractivity contribution is 0.0677. The number of hydrogen-bond donors (Lipinski definition) is 0. The number of nitriles is 1. The average Bonchev–Trinajstić information content (AvgIpc) is 3.41. The van der Waals surface area contributed by atoms with Crippen molar-refractivity contribution in [2.45, 2.75) is 25.8 Å². The number of aromatic nitrogens is 3. The molecule has 1 amide bonds. The highest BCUT2D eigenvalue weighted by molar-refractivity contribution is 5.98. The van der Waals surface area contributed by atoms with Crippen molar-refractivity contribution >= 4 is 5.91 Å². The topological polar surface area (TPSA) is 80.0 Å². The van der Waals surface area contributed by atoms with Crippen LogP contribution in [0.15, 0.2) is 47.7 Å². The van der Waals surface area contributed by atoms with Crippen LogP contribution in [0.2, 0.25) is 0 Å². The van der Waals surface area contributed by atoms with Crippen LogP contribution < -0.4 is 0 Å². The van der Waals surface area contributed by atoms with Crippen LogP contribution >= 0.6 is 0 Å². The van der Waals surface area contributed by atoms with Crippen LogP contribution in [-0.2, 0) is 0 Å². The first-order chi connectivity index (χ1) is 12.7. The maximum absolute atomic E-state index is 13.2. The normalized spacial score (nSPS) is 17.2. The van der Waals surface area contributed by atoms with Crippen LogP contribution in [0.1, 0.15) is 40.6 Å². The van der Waals surface area contributed by atoms with Gasteiger partial charge in [-0.1, -0.05) is 0 Å². The third-order valence-corrected chi connectivity index (χ3v) is 4.86. The molecule has 0 aromatic carbocycles. The predicted octanol–water partition coefficient (Wildman–Crippen LogP) is 2.92. The molecule has 7 nitrogen and oxygen atoms in total. The number of aryl methyl sites for hydroxylation is 1. The van der Waals surface area contributed by atoms with Crippen molar-refractivity contribution < 1.29 is 9.21 Å². The number of likely N-dealkylation sites (tertiary alicyclic amines) is 1. The zero-order valence-electron chi connectivity index (χ0n) is 14.5. The second kappa shape index (κ2) is 6.56. The van der Waals surface area contributed by atoms with Crippen LogP contribution in [0.25, 0.3) is 5.88 Å². The number of imidazole rings is 1. The molecular formula is C19H19N5O2. The second-order valence-electron chi connectivity index (χ2n) is 6.47. The third kappa shape index (κ3) is 2.69. The highest BCUT2D eigenvalue weighted by Gasteiger charge is 2.31. The Balaban J connectivity index is 1.65. The summed E-state index contributed by atoms with van der Waals surface area (Å²) < 4.78 is 9.52. The zero-order chi connectivity index (χ0) is 18.1. The highest BCUT2D eigenvalue weighted by Crippen LogP contribution is 2.29. The first kappa shape index (κ1) is 16.2. The van der Waals surface area contributed by atoms with Gasteiger partial charge in [-0.2, -0.15) is 5.26 Å². The smallest absolute Gasteiger partial charge is 0.258 e. The van der Waals surface area contributed by atoms with Gasteiger partial charge in [-0.15, -0.1) is 0 Å². The summed E-state index contributed by atoms with van der Waals surface area (Å²) in [6.07, 6.45) is 11.0. The summed E-state index contributed by atoms with van der Waals surface area (Å²) in [6.45, 7) is 3.01. The van der Waals surface area contributed by atoms with Gasteiger partial charge in [-0.3, -0.25) is 9.36 Å². The number of rotatable bonds is 3. The van der Waals surface area contributed by atoms with Crippen LogP contribution in [0, 0.1) is 18.3 Å². The maximum atomic E-state index is 13.2. The molecule has 0 spiro atoms. The van der Waals surface area contributed by atoms with Gasteiger partial charge in [-0.25, -0.2) is 4.98 Å². The molecule has 1 aliphatic heterocycles. The number of hydrogen-bond acceptors (Lipinski definition) is 4. The van der Waals surface area contributed by atoms with Crippen molar-refractivity contribution in [1.29, 1.82) is 5.26 Å². The Morgan fingerprint density at radius 1 is 1.35 bits per heavy atom. The van der Waals surface area contributed by atoms with Crippen LogP contribution in [0.3, 0.4) is 0 Å². The third-order valence-electron chi connectivity index (χ3n) is 4.86. The minimum Gasteiger partial charge on any atom is -0.443 e. The molecule has 1 fully saturated rings. The summed E-state index contributed by atoms with van der Waals surface area (Å²) in [7, 11) is 0. The summed E-state index contributed by atoms with van der Waals surface area (Å²) in [5, 5.41) is 9.65. The van der Waals surface area contributed by atoms with Crippen molar-refractivity contribution in [2.24, 2.45) is 0 Å². The Labute approximate surface area is 151 Å². The lowest BCUT2D eigenvalue weighted by Gasteiger charge is -2.33. The van der Waals surface area contributed by atoms with E-state index in [1.807, 2.05) is 27.8 Å². The summed E-state index contributed by atoms with van der Waals surface area (Å²) in [6, 6.07) is 6.06. The first-order valence-electron chi connectivity index (χ1n) is 8.62. The monoisotopic (exact) mass is 349 g/mol. The van der Waals surface area contributed by atoms with E-state index in [1.165, 1.54) is 0 Å². The molecule has 1 saturated heterocycles. The van der Waals surface area contributed by atoms with Gasteiger partial charge in [0.25, 0.3) is 5.91 Å². The molecule has 26 heavy (non-hydrogen) atoms. The van der Waals surface area contributed by atoms with Gasteiger partial charge in [0, 0.05) is 37.9 Å². The van der Waals surface area contributed by atoms with Gasteiger partial charge in [0.05, 0.1) is 12.4 Å². The van der Waals surface area contributed by atoms with Crippen molar-refractivity contribution in [1.82, 2.24) is 19.0 Å². The van der Waals surface area contributed by atoms with E-state index in [2.05, 4.69) is 11.1 Å². The number of carbonyl (C=O) groups is 1. The Kier molecular flexibility index (Phi) is 4.09. The fraction of sp³-hybridized carbons (Fsp3) is 0.316. The van der Waals surface area contributed by atoms with E-state index in [-0.39, 0.29) is 17.5 Å². The molecule has 0 N–H and O–H groups in total. The lowest BCUT2D eigenvalue weighted by Crippen LogP contribution is -2.40. The van der Waals surface area contributed by atoms with Gasteiger partial charge in [-0.05, 0) is 31.9 Å². The van der Waals surface area contributed by atoms with E-state index >= 15 is 0 Å². The van der Waals surface area contributed by atoms with E-state index in [0.29, 0.717) is 30.3 Å². The summed E-state index contributed by atoms with van der Waals surface area (Å²) in [5.74, 6) is 0.715. The van der Waals surface area contributed by atoms with E-state index in [4.69, 9.17) is 4.42 Å². The Morgan fingerprint density at radius 3 is 2.85 bits per heavy atom. The number of amides is 1. The first-order valence-corrected chi connectivity index (χ1v) is 8.62. The Bertz CT molecular complexity index is 947. The molecule has 1 aliphatic rings. The quantitative estimate of drug-likeness (QED) is 0.728. The van der Waals surface area contributed by atoms with Crippen LogP contribution in [0.4, 0.5) is 0 Å². The number of furan rings is 1. The minimum absolute atomic E-state index is 0.147. The standard InChI is InChI=1S/C19H19N5O2/c1-14-17(16(11-20)19(26-14)22-7-2-3-8-22)18(25)23-9-4-5-15(12-23)24-10-6-21-13-24/h2-3,6-8,10,13,15H,4-5,9,12H2,1H3/t15-/m1/s1. The molecule has 3 aromatic heterocycles. The van der Waals surface area contributed by atoms with Gasteiger partial charge < -0.3 is 13.9 Å². The SMILES string of the molecule is Cc1oc(-n2cccc2)c(C#N)c1C(=O)N1CCC[C@@H](n2ccnc2)C1. The van der Waals surface area contributed by atoms with Crippen molar-refractivity contribution in [3.8, 4) is 12.0 Å². The summed E-state index contributed by atoms with van der Waals surface area (Å²) in [5.41, 5.74) is 0.649. The van der Waals surface area contributed by atoms with Crippen molar-refractivity contribution in [3.05, 3.63) is 60.1 Å². The Morgan fingerprint density at radius 2 is 2.15 bits per heavy atom. The largest absolute Gasteiger partial charge is 0.443 e. The van der Waals surface area contributed by atoms with Gasteiger partial charge in [0.2, 0.25) is 5.88 Å². The number of piperidine rings is 1. The lowest BCUT2D eigenvalue weighted by atomic mass is 10.0. The molecule has 0 bridgehead atoms. The van der Waals surface area contributed by atoms with E-state index in [9.17, 15) is 10.1 Å². The van der Waals surface area contributed by atoms with E-state index in [0.717, 1.165) is 12.8 Å². The molecule has 0 saturated carbocycles. The predicted molar refractivity (Wildman–Crippen MR) is 93.9 cm³/mol. The van der Waals surface area contributed by atoms with Gasteiger partial charge >= 0.3 is 0 Å². The molecule has 4 rings (SSSR count). The molecule has 3 aromatic rings. The maximum Gasteiger partial charge on any atom is 0.258 e. The average molecular weight is 349 g/mol. The van der Waals surface area contributed by atoms with Crippen LogP contribution in [-0.4, -0.2) is 38.0 Å². The van der Waals surface area contributed by atoms with Gasteiger partial charge in [0.1, 0.15) is 23.0 Å². The van der Waals surface area contributed by atoms with Crippen LogP contribution in [0.5, 0.6) is 0 Å². The second-order valence-corrected chi connectivity index (χ2v) is 6.47. The summed E-state index contributed by atoms with van der Waals surface area (Å²) in [4.78, 5) is 19.1. The molecule has 0 unspecified atom stereocenters. The molecule has 1 atom stereocenters. The fourth-order valence-corrected chi connectivity index (χ4v) is 3.57. The molecule has 4 heterocycles. The molecule has 7 heteroatoms. The summed E-state index contributed by atoms with van der Waals surface area (Å²) >= 11 is 0. The molecule has 132 valence electrons. The molecular weight excluding hydrogens is 330 g/mol. The zero-order valence-corrected chi connectivity index (χ0v) is 14.5. The van der Waals surface area contributed by atoms with E-state index in [1.54, 1.807) is 36.4 Å². The van der Waals surface area contributed by atoms with Crippen molar-refractivity contribution in [2.75, 3.05) is 13.1 Å². The highest BCUT2D eigenvalue weighted by atomic mass is 16.4. The Hall–Kier alpha value is -3.27. The number of carbonyl (C=O) groups excluding carboxylic acids is 1. The number of nitrogens with zero attached hydrogens (tertiary/aromatic N) is 5.